The first kappa shape index (κ1) is 20.7. The van der Waals surface area contributed by atoms with E-state index in [0.29, 0.717) is 29.6 Å². The Hall–Kier alpha value is -4.22. The minimum absolute atomic E-state index is 0.142. The Labute approximate surface area is 194 Å². The van der Waals surface area contributed by atoms with Gasteiger partial charge in [-0.1, -0.05) is 30.3 Å². The number of carbonyl (C=O) groups excluding carboxylic acids is 1. The topological polar surface area (TPSA) is 86.3 Å². The van der Waals surface area contributed by atoms with Crippen molar-refractivity contribution < 1.29 is 9.53 Å². The summed E-state index contributed by atoms with van der Waals surface area (Å²) in [5.41, 5.74) is 4.57. The van der Waals surface area contributed by atoms with Crippen molar-refractivity contribution in [1.82, 2.24) is 25.1 Å². The summed E-state index contributed by atoms with van der Waals surface area (Å²) in [4.78, 5) is 24.0. The van der Waals surface area contributed by atoms with E-state index in [0.717, 1.165) is 27.9 Å². The van der Waals surface area contributed by atoms with E-state index in [1.165, 1.54) is 0 Å². The maximum absolute atomic E-state index is 12.7. The highest BCUT2D eigenvalue weighted by Crippen LogP contribution is 2.36. The molecule has 0 aliphatic carbocycles. The lowest BCUT2D eigenvalue weighted by atomic mass is 9.98. The minimum atomic E-state index is -0.142. The van der Waals surface area contributed by atoms with Gasteiger partial charge in [-0.05, 0) is 35.9 Å². The molecule has 5 rings (SSSR count). The second-order valence-corrected chi connectivity index (χ2v) is 7.77. The normalized spacial score (nSPS) is 12.5. The number of fused-ring (bicyclic) bond motifs is 1. The molecular weight excluding hydrogens is 440 g/mol. The molecule has 3 aromatic heterocycles. The average molecular weight is 457 g/mol. The standard InChI is InChI=1S/C24H17ClN6O2/c1-26-23-19(25)12-15(13-29-23)14-33-18-4-2-16(3-5-18)20-21(17-6-8-27-9-7-17)30-31-11-10-28-24(32)22(20)31/h2-9,12-13H,10-11,14H2,(H,28,32). The number of amides is 1. The molecule has 0 fully saturated rings. The molecule has 9 heteroatoms. The quantitative estimate of drug-likeness (QED) is 0.446. The summed E-state index contributed by atoms with van der Waals surface area (Å²) in [5.74, 6) is 0.681. The van der Waals surface area contributed by atoms with Crippen LogP contribution in [0.15, 0.2) is 61.1 Å². The molecule has 33 heavy (non-hydrogen) atoms. The van der Waals surface area contributed by atoms with Crippen LogP contribution in [0.5, 0.6) is 5.75 Å². The van der Waals surface area contributed by atoms with E-state index < -0.39 is 0 Å². The number of nitrogens with zero attached hydrogens (tertiary/aromatic N) is 5. The van der Waals surface area contributed by atoms with E-state index in [1.807, 2.05) is 36.4 Å². The van der Waals surface area contributed by atoms with Gasteiger partial charge in [0.1, 0.15) is 29.9 Å². The molecule has 1 aliphatic heterocycles. The van der Waals surface area contributed by atoms with Crippen LogP contribution in [0, 0.1) is 6.57 Å². The van der Waals surface area contributed by atoms with Crippen molar-refractivity contribution in [2.24, 2.45) is 0 Å². The van der Waals surface area contributed by atoms with Crippen LogP contribution in [0.25, 0.3) is 27.2 Å². The lowest BCUT2D eigenvalue weighted by molar-refractivity contribution is 0.0925. The van der Waals surface area contributed by atoms with Crippen molar-refractivity contribution in [3.8, 4) is 28.1 Å². The Morgan fingerprint density at radius 1 is 1.15 bits per heavy atom. The summed E-state index contributed by atoms with van der Waals surface area (Å²) in [6.45, 7) is 8.45. The van der Waals surface area contributed by atoms with Gasteiger partial charge in [0, 0.05) is 35.6 Å². The van der Waals surface area contributed by atoms with E-state index in [1.54, 1.807) is 29.3 Å². The molecule has 4 heterocycles. The van der Waals surface area contributed by atoms with Crippen LogP contribution < -0.4 is 10.1 Å². The van der Waals surface area contributed by atoms with Crippen LogP contribution in [0.2, 0.25) is 5.02 Å². The lowest BCUT2D eigenvalue weighted by Crippen LogP contribution is -2.35. The summed E-state index contributed by atoms with van der Waals surface area (Å²) >= 11 is 6.05. The Morgan fingerprint density at radius 2 is 1.94 bits per heavy atom. The largest absolute Gasteiger partial charge is 0.489 e. The smallest absolute Gasteiger partial charge is 0.288 e. The Morgan fingerprint density at radius 3 is 2.67 bits per heavy atom. The van der Waals surface area contributed by atoms with Crippen molar-refractivity contribution >= 4 is 23.3 Å². The second kappa shape index (κ2) is 8.73. The number of aromatic nitrogens is 4. The molecule has 1 aromatic carbocycles. The number of pyridine rings is 2. The Balaban J connectivity index is 1.44. The zero-order valence-corrected chi connectivity index (χ0v) is 18.1. The molecule has 0 unspecified atom stereocenters. The van der Waals surface area contributed by atoms with Crippen LogP contribution in [0.1, 0.15) is 16.1 Å². The number of benzene rings is 1. The predicted octanol–water partition coefficient (Wildman–Crippen LogP) is 4.53. The van der Waals surface area contributed by atoms with Gasteiger partial charge in [-0.3, -0.25) is 14.5 Å². The highest BCUT2D eigenvalue weighted by atomic mass is 35.5. The zero-order chi connectivity index (χ0) is 22.8. The maximum atomic E-state index is 12.7. The van der Waals surface area contributed by atoms with Crippen molar-refractivity contribution in [3.05, 3.63) is 88.8 Å². The van der Waals surface area contributed by atoms with Crippen molar-refractivity contribution in [1.29, 1.82) is 0 Å². The average Bonchev–Trinajstić information content (AvgIpc) is 3.25. The van der Waals surface area contributed by atoms with Crippen molar-refractivity contribution in [3.63, 3.8) is 0 Å². The second-order valence-electron chi connectivity index (χ2n) is 7.36. The summed E-state index contributed by atoms with van der Waals surface area (Å²) in [6, 6.07) is 12.9. The first-order valence-corrected chi connectivity index (χ1v) is 10.6. The molecule has 0 saturated heterocycles. The van der Waals surface area contributed by atoms with Crippen molar-refractivity contribution in [2.45, 2.75) is 13.2 Å². The summed E-state index contributed by atoms with van der Waals surface area (Å²) < 4.78 is 7.62. The van der Waals surface area contributed by atoms with E-state index in [2.05, 4.69) is 20.1 Å². The van der Waals surface area contributed by atoms with Crippen molar-refractivity contribution in [2.75, 3.05) is 6.54 Å². The highest BCUT2D eigenvalue weighted by Gasteiger charge is 2.27. The van der Waals surface area contributed by atoms with Crippen LogP contribution in [-0.4, -0.2) is 32.2 Å². The third kappa shape index (κ3) is 4.02. The third-order valence-electron chi connectivity index (χ3n) is 5.26. The molecule has 162 valence electrons. The molecule has 4 aromatic rings. The first-order valence-electron chi connectivity index (χ1n) is 10.2. The fourth-order valence-electron chi connectivity index (χ4n) is 3.71. The minimum Gasteiger partial charge on any atom is -0.489 e. The van der Waals surface area contributed by atoms with Gasteiger partial charge in [0.05, 0.1) is 11.6 Å². The van der Waals surface area contributed by atoms with Crippen LogP contribution >= 0.6 is 11.6 Å². The lowest BCUT2D eigenvalue weighted by Gasteiger charge is -2.15. The molecule has 8 nitrogen and oxygen atoms in total. The van der Waals surface area contributed by atoms with E-state index in [-0.39, 0.29) is 18.3 Å². The summed E-state index contributed by atoms with van der Waals surface area (Å²) in [5, 5.41) is 7.93. The number of carbonyl (C=O) groups is 1. The predicted molar refractivity (Wildman–Crippen MR) is 123 cm³/mol. The molecule has 1 aliphatic rings. The maximum Gasteiger partial charge on any atom is 0.288 e. The molecule has 0 spiro atoms. The Kier molecular flexibility index (Phi) is 5.47. The van der Waals surface area contributed by atoms with Gasteiger partial charge in [0.25, 0.3) is 11.7 Å². The zero-order valence-electron chi connectivity index (χ0n) is 17.3. The molecule has 1 N–H and O–H groups in total. The molecule has 0 radical (unpaired) electrons. The van der Waals surface area contributed by atoms with Crippen LogP contribution in [-0.2, 0) is 13.2 Å². The number of ether oxygens (including phenoxy) is 1. The Bertz CT molecular complexity index is 1380. The molecule has 0 saturated carbocycles. The first-order chi connectivity index (χ1) is 16.1. The number of hydrogen-bond acceptors (Lipinski definition) is 5. The number of halogens is 1. The molecular formula is C24H17ClN6O2. The summed E-state index contributed by atoms with van der Waals surface area (Å²) in [7, 11) is 0. The summed E-state index contributed by atoms with van der Waals surface area (Å²) in [6.07, 6.45) is 4.99. The van der Waals surface area contributed by atoms with E-state index in [9.17, 15) is 4.79 Å². The van der Waals surface area contributed by atoms with Gasteiger partial charge >= 0.3 is 0 Å². The van der Waals surface area contributed by atoms with Gasteiger partial charge < -0.3 is 14.9 Å². The fraction of sp³-hybridized carbons (Fsp3) is 0.125. The number of nitrogens with one attached hydrogen (secondary N) is 1. The van der Waals surface area contributed by atoms with Crippen LogP contribution in [0.4, 0.5) is 5.82 Å². The van der Waals surface area contributed by atoms with E-state index >= 15 is 0 Å². The number of rotatable bonds is 5. The van der Waals surface area contributed by atoms with Gasteiger partial charge in [0.15, 0.2) is 0 Å². The third-order valence-corrected chi connectivity index (χ3v) is 5.54. The molecule has 0 bridgehead atoms. The number of hydrogen-bond donors (Lipinski definition) is 1. The fourth-order valence-corrected chi connectivity index (χ4v) is 3.95. The van der Waals surface area contributed by atoms with Gasteiger partial charge in [-0.2, -0.15) is 5.10 Å². The highest BCUT2D eigenvalue weighted by molar-refractivity contribution is 6.33. The van der Waals surface area contributed by atoms with E-state index in [4.69, 9.17) is 28.0 Å². The monoisotopic (exact) mass is 456 g/mol. The van der Waals surface area contributed by atoms with Gasteiger partial charge in [-0.15, -0.1) is 4.98 Å². The SMILES string of the molecule is [C-]#[N+]c1ncc(COc2ccc(-c3c(-c4ccncc4)nn4c3C(=O)NCC4)cc2)cc1Cl. The van der Waals surface area contributed by atoms with Crippen LogP contribution in [0.3, 0.4) is 0 Å². The van der Waals surface area contributed by atoms with Gasteiger partial charge in [-0.25, -0.2) is 0 Å². The van der Waals surface area contributed by atoms with Gasteiger partial charge in [0.2, 0.25) is 0 Å². The molecule has 0 atom stereocenters. The molecule has 1 amide bonds.